The van der Waals surface area contributed by atoms with Crippen LogP contribution >= 0.6 is 11.8 Å². The molecule has 3 aromatic rings. The lowest BCUT2D eigenvalue weighted by atomic mass is 10.1. The van der Waals surface area contributed by atoms with E-state index in [4.69, 9.17) is 0 Å². The second kappa shape index (κ2) is 9.14. The molecule has 0 bridgehead atoms. The molecule has 0 unspecified atom stereocenters. The molecule has 0 fully saturated rings. The molecular formula is C20H21N5OS. The van der Waals surface area contributed by atoms with Crippen LogP contribution in [0.4, 0.5) is 0 Å². The molecule has 6 nitrogen and oxygen atoms in total. The number of carbonyl (C=O) groups excluding carboxylic acids is 1. The number of hydrogen-bond donors (Lipinski definition) is 1. The van der Waals surface area contributed by atoms with Gasteiger partial charge in [0.05, 0.1) is 11.5 Å². The van der Waals surface area contributed by atoms with Gasteiger partial charge < -0.3 is 4.57 Å². The maximum Gasteiger partial charge on any atom is 0.250 e. The van der Waals surface area contributed by atoms with E-state index in [-0.39, 0.29) is 11.7 Å². The van der Waals surface area contributed by atoms with Gasteiger partial charge in [-0.25, -0.2) is 5.43 Å². The molecule has 1 N–H and O–H groups in total. The molecule has 0 spiro atoms. The predicted molar refractivity (Wildman–Crippen MR) is 109 cm³/mol. The lowest BCUT2D eigenvalue weighted by Crippen LogP contribution is -2.22. The minimum Gasteiger partial charge on any atom is -0.305 e. The lowest BCUT2D eigenvalue weighted by Gasteiger charge is -2.05. The van der Waals surface area contributed by atoms with Gasteiger partial charge in [-0.3, -0.25) is 4.79 Å². The first kappa shape index (κ1) is 18.8. The van der Waals surface area contributed by atoms with Crippen molar-refractivity contribution < 1.29 is 4.79 Å². The summed E-state index contributed by atoms with van der Waals surface area (Å²) in [5, 5.41) is 13.4. The standard InChI is InChI=1S/C20H21N5OS/c1-3-17(15-10-6-4-7-11-15)21-22-18(26)14-27-20-24-23-19(25(20)2)16-12-8-5-9-13-16/h4-13H,3,14H2,1-2H3,(H,22,26). The van der Waals surface area contributed by atoms with Gasteiger partial charge in [-0.2, -0.15) is 5.10 Å². The molecule has 1 aromatic heterocycles. The number of benzene rings is 2. The molecule has 0 saturated heterocycles. The highest BCUT2D eigenvalue weighted by Crippen LogP contribution is 2.22. The average molecular weight is 379 g/mol. The summed E-state index contributed by atoms with van der Waals surface area (Å²) in [6.07, 6.45) is 0.737. The third-order valence-electron chi connectivity index (χ3n) is 3.96. The van der Waals surface area contributed by atoms with E-state index in [0.717, 1.165) is 29.1 Å². The van der Waals surface area contributed by atoms with Crippen molar-refractivity contribution in [2.45, 2.75) is 18.5 Å². The highest BCUT2D eigenvalue weighted by atomic mass is 32.2. The van der Waals surface area contributed by atoms with Crippen LogP contribution in [0.25, 0.3) is 11.4 Å². The second-order valence-electron chi connectivity index (χ2n) is 5.83. The first-order chi connectivity index (χ1) is 13.2. The Hall–Kier alpha value is -2.93. The number of rotatable bonds is 7. The minimum atomic E-state index is -0.175. The Bertz CT molecular complexity index is 922. The van der Waals surface area contributed by atoms with Gasteiger partial charge in [0.1, 0.15) is 0 Å². The van der Waals surface area contributed by atoms with E-state index in [1.165, 1.54) is 11.8 Å². The van der Waals surface area contributed by atoms with Crippen LogP contribution in [0.15, 0.2) is 70.9 Å². The summed E-state index contributed by atoms with van der Waals surface area (Å²) < 4.78 is 1.89. The quantitative estimate of drug-likeness (QED) is 0.387. The number of nitrogens with zero attached hydrogens (tertiary/aromatic N) is 4. The SMILES string of the molecule is CCC(=NNC(=O)CSc1nnc(-c2ccccc2)n1C)c1ccccc1. The zero-order valence-corrected chi connectivity index (χ0v) is 16.1. The summed E-state index contributed by atoms with van der Waals surface area (Å²) in [5.74, 6) is 0.816. The van der Waals surface area contributed by atoms with Crippen LogP contribution in [-0.4, -0.2) is 32.1 Å². The molecule has 0 aliphatic rings. The van der Waals surface area contributed by atoms with Crippen molar-refractivity contribution in [3.63, 3.8) is 0 Å². The number of aromatic nitrogens is 3. The number of nitrogens with one attached hydrogen (secondary N) is 1. The van der Waals surface area contributed by atoms with Crippen LogP contribution in [-0.2, 0) is 11.8 Å². The highest BCUT2D eigenvalue weighted by molar-refractivity contribution is 7.99. The lowest BCUT2D eigenvalue weighted by molar-refractivity contribution is -0.118. The minimum absolute atomic E-state index is 0.175. The molecule has 0 aliphatic carbocycles. The van der Waals surface area contributed by atoms with Gasteiger partial charge >= 0.3 is 0 Å². The fourth-order valence-corrected chi connectivity index (χ4v) is 3.25. The Morgan fingerprint density at radius 3 is 2.41 bits per heavy atom. The predicted octanol–water partition coefficient (Wildman–Crippen LogP) is 3.50. The van der Waals surface area contributed by atoms with Crippen molar-refractivity contribution >= 4 is 23.4 Å². The van der Waals surface area contributed by atoms with E-state index in [1.807, 2.05) is 79.2 Å². The van der Waals surface area contributed by atoms with Crippen LogP contribution in [0.1, 0.15) is 18.9 Å². The van der Waals surface area contributed by atoms with Gasteiger partial charge in [0.25, 0.3) is 5.91 Å². The molecule has 0 radical (unpaired) electrons. The van der Waals surface area contributed by atoms with E-state index >= 15 is 0 Å². The van der Waals surface area contributed by atoms with Crippen molar-refractivity contribution in [1.29, 1.82) is 0 Å². The molecule has 2 aromatic carbocycles. The van der Waals surface area contributed by atoms with E-state index in [2.05, 4.69) is 20.7 Å². The zero-order valence-electron chi connectivity index (χ0n) is 15.3. The Morgan fingerprint density at radius 2 is 1.74 bits per heavy atom. The normalized spacial score (nSPS) is 11.4. The topological polar surface area (TPSA) is 72.2 Å². The van der Waals surface area contributed by atoms with E-state index in [9.17, 15) is 4.79 Å². The number of amides is 1. The molecule has 0 saturated carbocycles. The highest BCUT2D eigenvalue weighted by Gasteiger charge is 2.12. The van der Waals surface area contributed by atoms with Crippen molar-refractivity contribution in [1.82, 2.24) is 20.2 Å². The van der Waals surface area contributed by atoms with Crippen LogP contribution in [0, 0.1) is 0 Å². The summed E-state index contributed by atoms with van der Waals surface area (Å²) in [5.41, 5.74) is 5.48. The maximum absolute atomic E-state index is 12.2. The van der Waals surface area contributed by atoms with Gasteiger partial charge in [-0.05, 0) is 12.0 Å². The summed E-state index contributed by atoms with van der Waals surface area (Å²) in [4.78, 5) is 12.2. The summed E-state index contributed by atoms with van der Waals surface area (Å²) in [7, 11) is 1.89. The van der Waals surface area contributed by atoms with Crippen LogP contribution in [0.5, 0.6) is 0 Å². The number of hydrazone groups is 1. The van der Waals surface area contributed by atoms with E-state index in [1.54, 1.807) is 0 Å². The Morgan fingerprint density at radius 1 is 1.07 bits per heavy atom. The Balaban J connectivity index is 1.60. The number of thioether (sulfide) groups is 1. The fraction of sp³-hybridized carbons (Fsp3) is 0.200. The summed E-state index contributed by atoms with van der Waals surface area (Å²) >= 11 is 1.33. The fourth-order valence-electron chi connectivity index (χ4n) is 2.55. The average Bonchev–Trinajstić information content (AvgIpc) is 3.09. The van der Waals surface area contributed by atoms with Gasteiger partial charge in [0.2, 0.25) is 0 Å². The zero-order chi connectivity index (χ0) is 19.1. The van der Waals surface area contributed by atoms with Crippen molar-refractivity contribution in [3.05, 3.63) is 66.2 Å². The van der Waals surface area contributed by atoms with Gasteiger partial charge in [0, 0.05) is 12.6 Å². The molecule has 0 atom stereocenters. The maximum atomic E-state index is 12.2. The monoisotopic (exact) mass is 379 g/mol. The molecule has 1 amide bonds. The van der Waals surface area contributed by atoms with E-state index in [0.29, 0.717) is 5.16 Å². The third-order valence-corrected chi connectivity index (χ3v) is 4.98. The molecule has 138 valence electrons. The van der Waals surface area contributed by atoms with Crippen molar-refractivity contribution in [2.24, 2.45) is 12.1 Å². The first-order valence-corrected chi connectivity index (χ1v) is 9.66. The first-order valence-electron chi connectivity index (χ1n) is 8.67. The van der Waals surface area contributed by atoms with Gasteiger partial charge in [-0.1, -0.05) is 79.3 Å². The van der Waals surface area contributed by atoms with Crippen molar-refractivity contribution in [2.75, 3.05) is 5.75 Å². The van der Waals surface area contributed by atoms with Crippen LogP contribution < -0.4 is 5.43 Å². The molecule has 3 rings (SSSR count). The Kier molecular flexibility index (Phi) is 6.38. The third kappa shape index (κ3) is 4.83. The Labute approximate surface area is 162 Å². The van der Waals surface area contributed by atoms with Crippen LogP contribution in [0.3, 0.4) is 0 Å². The largest absolute Gasteiger partial charge is 0.305 e. The summed E-state index contributed by atoms with van der Waals surface area (Å²) in [6, 6.07) is 19.7. The molecular weight excluding hydrogens is 358 g/mol. The van der Waals surface area contributed by atoms with Crippen molar-refractivity contribution in [3.8, 4) is 11.4 Å². The molecule has 0 aliphatic heterocycles. The molecule has 7 heteroatoms. The number of carbonyl (C=O) groups is 1. The van der Waals surface area contributed by atoms with E-state index < -0.39 is 0 Å². The van der Waals surface area contributed by atoms with Crippen LogP contribution in [0.2, 0.25) is 0 Å². The van der Waals surface area contributed by atoms with Gasteiger partial charge in [-0.15, -0.1) is 10.2 Å². The summed E-state index contributed by atoms with van der Waals surface area (Å²) in [6.45, 7) is 2.01. The second-order valence-corrected chi connectivity index (χ2v) is 6.78. The molecule has 27 heavy (non-hydrogen) atoms. The van der Waals surface area contributed by atoms with Gasteiger partial charge in [0.15, 0.2) is 11.0 Å². The molecule has 1 heterocycles. The number of hydrogen-bond acceptors (Lipinski definition) is 5. The smallest absolute Gasteiger partial charge is 0.250 e.